The first kappa shape index (κ1) is 14.2. The second-order valence-electron chi connectivity index (χ2n) is 5.27. The molecular weight excluding hydrogens is 316 g/mol. The molecule has 1 aliphatic rings. The molecule has 2 rings (SSSR count). The molecule has 1 aromatic carbocycles. The van der Waals surface area contributed by atoms with E-state index in [1.54, 1.807) is 19.2 Å². The van der Waals surface area contributed by atoms with Crippen LogP contribution >= 0.6 is 27.5 Å². The maximum Gasteiger partial charge on any atom is 0.138 e. The Hall–Kier alpha value is -0.250. The van der Waals surface area contributed by atoms with Crippen molar-refractivity contribution in [2.24, 2.45) is 5.41 Å². The lowest BCUT2D eigenvalue weighted by Crippen LogP contribution is -2.22. The maximum atomic E-state index is 10.7. The fraction of sp³-hybridized carbons (Fsp3) is 0.571. The van der Waals surface area contributed by atoms with Crippen molar-refractivity contribution in [3.63, 3.8) is 0 Å². The number of methoxy groups -OCH3 is 1. The van der Waals surface area contributed by atoms with E-state index in [1.165, 1.54) is 12.8 Å². The summed E-state index contributed by atoms with van der Waals surface area (Å²) in [5.41, 5.74) is 0.707. The molecule has 0 spiro atoms. The molecule has 0 aromatic heterocycles. The Morgan fingerprint density at radius 2 is 2.00 bits per heavy atom. The van der Waals surface area contributed by atoms with E-state index in [1.807, 2.05) is 0 Å². The molecule has 1 fully saturated rings. The molecule has 1 aromatic rings. The van der Waals surface area contributed by atoms with Crippen LogP contribution in [0.5, 0.6) is 5.75 Å². The van der Waals surface area contributed by atoms with Crippen LogP contribution in [0.4, 0.5) is 0 Å². The minimum atomic E-state index is -0.537. The van der Waals surface area contributed by atoms with Crippen molar-refractivity contribution >= 4 is 27.5 Å². The fourth-order valence-corrected chi connectivity index (χ4v) is 3.83. The smallest absolute Gasteiger partial charge is 0.138 e. The topological polar surface area (TPSA) is 29.5 Å². The Kier molecular flexibility index (Phi) is 4.25. The minimum absolute atomic E-state index is 0.0720. The second-order valence-corrected chi connectivity index (χ2v) is 6.56. The van der Waals surface area contributed by atoms with Gasteiger partial charge < -0.3 is 9.84 Å². The van der Waals surface area contributed by atoms with E-state index in [0.29, 0.717) is 10.8 Å². The van der Waals surface area contributed by atoms with E-state index < -0.39 is 6.10 Å². The third-order valence-electron chi connectivity index (χ3n) is 3.94. The van der Waals surface area contributed by atoms with Crippen LogP contribution in [-0.2, 0) is 0 Å². The van der Waals surface area contributed by atoms with Gasteiger partial charge in [0.15, 0.2) is 0 Å². The Labute approximate surface area is 121 Å². The van der Waals surface area contributed by atoms with Crippen LogP contribution < -0.4 is 4.74 Å². The Morgan fingerprint density at radius 1 is 1.39 bits per heavy atom. The lowest BCUT2D eigenvalue weighted by atomic mass is 9.79. The van der Waals surface area contributed by atoms with Gasteiger partial charge in [-0.3, -0.25) is 0 Å². The lowest BCUT2D eigenvalue weighted by Gasteiger charge is -2.31. The van der Waals surface area contributed by atoms with Crippen molar-refractivity contribution < 1.29 is 9.84 Å². The molecule has 4 heteroatoms. The monoisotopic (exact) mass is 332 g/mol. The first-order valence-electron chi connectivity index (χ1n) is 6.19. The molecule has 1 atom stereocenters. The van der Waals surface area contributed by atoms with Crippen molar-refractivity contribution in [1.29, 1.82) is 0 Å². The van der Waals surface area contributed by atoms with Crippen molar-refractivity contribution in [1.82, 2.24) is 0 Å². The van der Waals surface area contributed by atoms with E-state index in [0.717, 1.165) is 22.9 Å². The van der Waals surface area contributed by atoms with Crippen LogP contribution in [0.15, 0.2) is 16.6 Å². The number of benzene rings is 1. The van der Waals surface area contributed by atoms with E-state index in [-0.39, 0.29) is 5.41 Å². The van der Waals surface area contributed by atoms with Crippen molar-refractivity contribution in [3.8, 4) is 5.75 Å². The van der Waals surface area contributed by atoms with E-state index >= 15 is 0 Å². The van der Waals surface area contributed by atoms with Gasteiger partial charge in [0.25, 0.3) is 0 Å². The normalized spacial score (nSPS) is 19.8. The van der Waals surface area contributed by atoms with Crippen LogP contribution in [0.1, 0.15) is 44.3 Å². The van der Waals surface area contributed by atoms with Crippen LogP contribution in [-0.4, -0.2) is 12.2 Å². The Morgan fingerprint density at radius 3 is 2.56 bits per heavy atom. The van der Waals surface area contributed by atoms with E-state index in [9.17, 15) is 5.11 Å². The van der Waals surface area contributed by atoms with Crippen LogP contribution in [0.2, 0.25) is 5.02 Å². The van der Waals surface area contributed by atoms with Gasteiger partial charge >= 0.3 is 0 Å². The lowest BCUT2D eigenvalue weighted by molar-refractivity contribution is 0.0388. The highest BCUT2D eigenvalue weighted by molar-refractivity contribution is 9.10. The Balaban J connectivity index is 2.43. The zero-order chi connectivity index (χ0) is 13.3. The molecule has 2 nitrogen and oxygen atoms in total. The molecule has 0 bridgehead atoms. The summed E-state index contributed by atoms with van der Waals surface area (Å²) < 4.78 is 6.18. The highest BCUT2D eigenvalue weighted by atomic mass is 79.9. The summed E-state index contributed by atoms with van der Waals surface area (Å²) in [6.45, 7) is 2.14. The molecule has 1 unspecified atom stereocenters. The van der Waals surface area contributed by atoms with Crippen LogP contribution in [0.3, 0.4) is 0 Å². The first-order chi connectivity index (χ1) is 8.48. The van der Waals surface area contributed by atoms with Crippen molar-refractivity contribution in [2.45, 2.75) is 38.7 Å². The number of rotatable bonds is 3. The average Bonchev–Trinajstić information content (AvgIpc) is 2.75. The van der Waals surface area contributed by atoms with Gasteiger partial charge in [-0.25, -0.2) is 0 Å². The van der Waals surface area contributed by atoms with Gasteiger partial charge in [0, 0.05) is 10.6 Å². The molecule has 18 heavy (non-hydrogen) atoms. The highest BCUT2D eigenvalue weighted by Crippen LogP contribution is 2.50. The quantitative estimate of drug-likeness (QED) is 0.867. The van der Waals surface area contributed by atoms with Crippen molar-refractivity contribution in [2.75, 3.05) is 7.11 Å². The van der Waals surface area contributed by atoms with Gasteiger partial charge in [0.05, 0.1) is 17.7 Å². The fourth-order valence-electron chi connectivity index (χ4n) is 2.83. The predicted octanol–water partition coefficient (Wildman–Crippen LogP) is 4.72. The van der Waals surface area contributed by atoms with Gasteiger partial charge in [-0.1, -0.05) is 31.4 Å². The SMILES string of the molecule is COc1c(Br)cc(Cl)cc1C(O)C1(C)CCCC1. The zero-order valence-corrected chi connectivity index (χ0v) is 13.0. The summed E-state index contributed by atoms with van der Waals surface area (Å²) in [4.78, 5) is 0. The predicted molar refractivity (Wildman–Crippen MR) is 77.2 cm³/mol. The van der Waals surface area contributed by atoms with Gasteiger partial charge in [-0.15, -0.1) is 0 Å². The number of ether oxygens (including phenoxy) is 1. The van der Waals surface area contributed by atoms with Gasteiger partial charge in [-0.05, 0) is 46.3 Å². The summed E-state index contributed by atoms with van der Waals surface area (Å²) in [5, 5.41) is 11.3. The average molecular weight is 334 g/mol. The van der Waals surface area contributed by atoms with Crippen LogP contribution in [0.25, 0.3) is 0 Å². The molecule has 0 aliphatic heterocycles. The molecular formula is C14H18BrClO2. The summed E-state index contributed by atoms with van der Waals surface area (Å²) in [7, 11) is 1.61. The number of halogens is 2. The number of aliphatic hydroxyl groups is 1. The number of hydrogen-bond donors (Lipinski definition) is 1. The highest BCUT2D eigenvalue weighted by Gasteiger charge is 2.38. The van der Waals surface area contributed by atoms with Gasteiger partial charge in [0.2, 0.25) is 0 Å². The maximum absolute atomic E-state index is 10.7. The van der Waals surface area contributed by atoms with E-state index in [4.69, 9.17) is 16.3 Å². The van der Waals surface area contributed by atoms with Gasteiger partial charge in [-0.2, -0.15) is 0 Å². The number of aliphatic hydroxyl groups excluding tert-OH is 1. The molecule has 0 radical (unpaired) electrons. The van der Waals surface area contributed by atoms with Gasteiger partial charge in [0.1, 0.15) is 5.75 Å². The summed E-state index contributed by atoms with van der Waals surface area (Å²) in [5.74, 6) is 0.681. The molecule has 1 aliphatic carbocycles. The molecule has 100 valence electrons. The zero-order valence-electron chi connectivity index (χ0n) is 10.7. The Bertz CT molecular complexity index is 442. The standard InChI is InChI=1S/C14H18BrClO2/c1-14(5-3-4-6-14)13(17)10-7-9(16)8-11(15)12(10)18-2/h7-8,13,17H,3-6H2,1-2H3. The van der Waals surface area contributed by atoms with E-state index in [2.05, 4.69) is 22.9 Å². The number of hydrogen-bond acceptors (Lipinski definition) is 2. The molecule has 0 amide bonds. The summed E-state index contributed by atoms with van der Waals surface area (Å²) in [6.07, 6.45) is 3.91. The summed E-state index contributed by atoms with van der Waals surface area (Å²) >= 11 is 9.51. The molecule has 0 heterocycles. The third-order valence-corrected chi connectivity index (χ3v) is 4.75. The molecule has 1 N–H and O–H groups in total. The summed E-state index contributed by atoms with van der Waals surface area (Å²) in [6, 6.07) is 3.59. The minimum Gasteiger partial charge on any atom is -0.495 e. The van der Waals surface area contributed by atoms with Crippen LogP contribution in [0, 0.1) is 5.41 Å². The third kappa shape index (κ3) is 2.54. The molecule has 1 saturated carbocycles. The second kappa shape index (κ2) is 5.40. The largest absolute Gasteiger partial charge is 0.495 e. The first-order valence-corrected chi connectivity index (χ1v) is 7.36. The van der Waals surface area contributed by atoms with Crippen molar-refractivity contribution in [3.05, 3.63) is 27.2 Å². The molecule has 0 saturated heterocycles.